The van der Waals surface area contributed by atoms with E-state index in [-0.39, 0.29) is 0 Å². The van der Waals surface area contributed by atoms with Crippen LogP contribution in [0.15, 0.2) is 79.0 Å². The molecule has 6 heteroatoms. The van der Waals surface area contributed by atoms with Crippen molar-refractivity contribution in [1.29, 1.82) is 0 Å². The highest BCUT2D eigenvalue weighted by molar-refractivity contribution is 5.97. The molecule has 0 aliphatic carbocycles. The van der Waals surface area contributed by atoms with Crippen LogP contribution in [-0.4, -0.2) is 16.8 Å². The number of aromatic nitrogens is 1. The van der Waals surface area contributed by atoms with Crippen LogP contribution in [0.4, 0.5) is 0 Å². The minimum absolute atomic E-state index is 0.299. The van der Waals surface area contributed by atoms with Gasteiger partial charge in [-0.1, -0.05) is 48.5 Å². The van der Waals surface area contributed by atoms with E-state index in [0.29, 0.717) is 22.8 Å². The van der Waals surface area contributed by atoms with Crippen molar-refractivity contribution >= 4 is 11.8 Å². The molecule has 2 amide bonds. The molecule has 3 aromatic rings. The third-order valence-corrected chi connectivity index (χ3v) is 3.66. The van der Waals surface area contributed by atoms with Gasteiger partial charge in [0.2, 0.25) is 11.8 Å². The summed E-state index contributed by atoms with van der Waals surface area (Å²) in [4.78, 5) is 28.2. The normalized spacial score (nSPS) is 11.4. The van der Waals surface area contributed by atoms with E-state index in [4.69, 9.17) is 10.5 Å². The van der Waals surface area contributed by atoms with Crippen molar-refractivity contribution in [3.8, 4) is 11.6 Å². The zero-order valence-electron chi connectivity index (χ0n) is 13.8. The fourth-order valence-corrected chi connectivity index (χ4v) is 2.36. The molecule has 0 aliphatic heterocycles. The Hall–Kier alpha value is -3.67. The monoisotopic (exact) mass is 347 g/mol. The van der Waals surface area contributed by atoms with Crippen LogP contribution < -0.4 is 15.8 Å². The number of rotatable bonds is 6. The van der Waals surface area contributed by atoms with Crippen LogP contribution in [-0.2, 0) is 4.79 Å². The smallest absolute Gasteiger partial charge is 0.253 e. The summed E-state index contributed by atoms with van der Waals surface area (Å²) in [6, 6.07) is 20.3. The maximum Gasteiger partial charge on any atom is 0.253 e. The van der Waals surface area contributed by atoms with Gasteiger partial charge in [0, 0.05) is 12.3 Å². The van der Waals surface area contributed by atoms with Gasteiger partial charge >= 0.3 is 0 Å². The largest absolute Gasteiger partial charge is 0.439 e. The van der Waals surface area contributed by atoms with Gasteiger partial charge < -0.3 is 15.8 Å². The molecule has 6 nitrogen and oxygen atoms in total. The Bertz CT molecular complexity index is 881. The lowest BCUT2D eigenvalue weighted by Gasteiger charge is -2.15. The van der Waals surface area contributed by atoms with Crippen LogP contribution in [0.2, 0.25) is 0 Å². The van der Waals surface area contributed by atoms with Crippen molar-refractivity contribution in [2.45, 2.75) is 6.04 Å². The highest BCUT2D eigenvalue weighted by atomic mass is 16.5. The number of primary amides is 1. The van der Waals surface area contributed by atoms with Gasteiger partial charge in [0.15, 0.2) is 0 Å². The average molecular weight is 347 g/mol. The van der Waals surface area contributed by atoms with Gasteiger partial charge in [-0.15, -0.1) is 0 Å². The molecule has 3 rings (SSSR count). The predicted octanol–water partition coefficient (Wildman–Crippen LogP) is 2.83. The molecule has 0 spiro atoms. The standard InChI is InChI=1S/C20H17N3O3/c21-19(24)18(14-7-3-1-4-8-14)23-20(25)15-11-12-17(22-13-15)26-16-9-5-2-6-10-16/h1-13,18H,(H2,21,24)(H,23,25). The first-order valence-corrected chi connectivity index (χ1v) is 7.97. The lowest BCUT2D eigenvalue weighted by atomic mass is 10.1. The van der Waals surface area contributed by atoms with Gasteiger partial charge in [0.1, 0.15) is 11.8 Å². The van der Waals surface area contributed by atoms with Gasteiger partial charge in [0.25, 0.3) is 5.91 Å². The highest BCUT2D eigenvalue weighted by Crippen LogP contribution is 2.19. The lowest BCUT2D eigenvalue weighted by molar-refractivity contribution is -0.120. The summed E-state index contributed by atoms with van der Waals surface area (Å²) in [7, 11) is 0. The highest BCUT2D eigenvalue weighted by Gasteiger charge is 2.20. The van der Waals surface area contributed by atoms with E-state index < -0.39 is 17.9 Å². The van der Waals surface area contributed by atoms with Crippen LogP contribution in [0, 0.1) is 0 Å². The number of benzene rings is 2. The van der Waals surface area contributed by atoms with E-state index in [1.807, 2.05) is 24.3 Å². The number of nitrogens with zero attached hydrogens (tertiary/aromatic N) is 1. The summed E-state index contributed by atoms with van der Waals surface area (Å²) in [6.45, 7) is 0. The Kier molecular flexibility index (Phi) is 5.24. The summed E-state index contributed by atoms with van der Waals surface area (Å²) < 4.78 is 5.58. The molecule has 0 bridgehead atoms. The fourth-order valence-electron chi connectivity index (χ4n) is 2.36. The second-order valence-electron chi connectivity index (χ2n) is 5.52. The van der Waals surface area contributed by atoms with Crippen molar-refractivity contribution in [2.75, 3.05) is 0 Å². The Labute approximate surface area is 150 Å². The van der Waals surface area contributed by atoms with E-state index in [1.165, 1.54) is 6.20 Å². The Morgan fingerprint density at radius 3 is 2.15 bits per heavy atom. The topological polar surface area (TPSA) is 94.3 Å². The van der Waals surface area contributed by atoms with Crippen LogP contribution in [0.3, 0.4) is 0 Å². The Morgan fingerprint density at radius 1 is 0.923 bits per heavy atom. The molecule has 0 radical (unpaired) electrons. The molecule has 0 saturated heterocycles. The molecular weight excluding hydrogens is 330 g/mol. The van der Waals surface area contributed by atoms with Crippen LogP contribution >= 0.6 is 0 Å². The molecule has 1 atom stereocenters. The Balaban J connectivity index is 1.70. The maximum absolute atomic E-state index is 12.4. The third kappa shape index (κ3) is 4.24. The summed E-state index contributed by atoms with van der Waals surface area (Å²) in [6.07, 6.45) is 1.39. The first-order chi connectivity index (χ1) is 12.6. The number of nitrogens with two attached hydrogens (primary N) is 1. The van der Waals surface area contributed by atoms with E-state index in [0.717, 1.165) is 0 Å². The second kappa shape index (κ2) is 7.94. The quantitative estimate of drug-likeness (QED) is 0.717. The van der Waals surface area contributed by atoms with Crippen LogP contribution in [0.5, 0.6) is 11.6 Å². The molecular formula is C20H17N3O3. The maximum atomic E-state index is 12.4. The molecule has 2 aromatic carbocycles. The number of ether oxygens (including phenoxy) is 1. The summed E-state index contributed by atoms with van der Waals surface area (Å²) >= 11 is 0. The zero-order valence-corrected chi connectivity index (χ0v) is 13.8. The minimum atomic E-state index is -0.913. The van der Waals surface area contributed by atoms with E-state index in [2.05, 4.69) is 10.3 Å². The lowest BCUT2D eigenvalue weighted by Crippen LogP contribution is -2.37. The molecule has 1 heterocycles. The van der Waals surface area contributed by atoms with Crippen molar-refractivity contribution < 1.29 is 14.3 Å². The number of carbonyl (C=O) groups excluding carboxylic acids is 2. The van der Waals surface area contributed by atoms with E-state index >= 15 is 0 Å². The van der Waals surface area contributed by atoms with Crippen molar-refractivity contribution in [2.24, 2.45) is 5.73 Å². The van der Waals surface area contributed by atoms with Crippen molar-refractivity contribution in [3.05, 3.63) is 90.1 Å². The SMILES string of the molecule is NC(=O)C(NC(=O)c1ccc(Oc2ccccc2)nc1)c1ccccc1. The molecule has 0 aliphatic rings. The Morgan fingerprint density at radius 2 is 1.58 bits per heavy atom. The molecule has 0 saturated carbocycles. The van der Waals surface area contributed by atoms with Crippen molar-refractivity contribution in [3.63, 3.8) is 0 Å². The molecule has 1 unspecified atom stereocenters. The van der Waals surface area contributed by atoms with E-state index in [1.54, 1.807) is 48.5 Å². The van der Waals surface area contributed by atoms with Gasteiger partial charge in [-0.2, -0.15) is 0 Å². The molecule has 130 valence electrons. The second-order valence-corrected chi connectivity index (χ2v) is 5.52. The van der Waals surface area contributed by atoms with Crippen LogP contribution in [0.1, 0.15) is 22.0 Å². The number of hydrogen-bond acceptors (Lipinski definition) is 4. The minimum Gasteiger partial charge on any atom is -0.439 e. The third-order valence-electron chi connectivity index (χ3n) is 3.66. The summed E-state index contributed by atoms with van der Waals surface area (Å²) in [5, 5.41) is 2.62. The first-order valence-electron chi connectivity index (χ1n) is 7.97. The van der Waals surface area contributed by atoms with Crippen LogP contribution in [0.25, 0.3) is 0 Å². The van der Waals surface area contributed by atoms with E-state index in [9.17, 15) is 9.59 Å². The first kappa shape index (κ1) is 17.2. The van der Waals surface area contributed by atoms with Crippen molar-refractivity contribution in [1.82, 2.24) is 10.3 Å². The number of hydrogen-bond donors (Lipinski definition) is 2. The van der Waals surface area contributed by atoms with Gasteiger partial charge in [-0.05, 0) is 23.8 Å². The number of carbonyl (C=O) groups is 2. The number of para-hydroxylation sites is 1. The molecule has 3 N–H and O–H groups in total. The molecule has 26 heavy (non-hydrogen) atoms. The predicted molar refractivity (Wildman–Crippen MR) is 96.6 cm³/mol. The zero-order chi connectivity index (χ0) is 18.4. The molecule has 1 aromatic heterocycles. The van der Waals surface area contributed by atoms with Gasteiger partial charge in [0.05, 0.1) is 5.56 Å². The summed E-state index contributed by atoms with van der Waals surface area (Å²) in [5.41, 5.74) is 6.33. The number of nitrogens with one attached hydrogen (secondary N) is 1. The summed E-state index contributed by atoms with van der Waals surface area (Å²) in [5.74, 6) is -0.0738. The number of amides is 2. The van der Waals surface area contributed by atoms with Gasteiger partial charge in [-0.25, -0.2) is 4.98 Å². The van der Waals surface area contributed by atoms with Gasteiger partial charge in [-0.3, -0.25) is 9.59 Å². The average Bonchev–Trinajstić information content (AvgIpc) is 2.68. The molecule has 0 fully saturated rings. The fraction of sp³-hybridized carbons (Fsp3) is 0.0500. The number of pyridine rings is 1.